The second kappa shape index (κ2) is 6.92. The van der Waals surface area contributed by atoms with Crippen molar-refractivity contribution in [2.24, 2.45) is 5.92 Å². The number of rotatable bonds is 6. The Bertz CT molecular complexity index is 801. The zero-order chi connectivity index (χ0) is 19.0. The summed E-state index contributed by atoms with van der Waals surface area (Å²) in [6.07, 6.45) is 0.931. The number of aliphatic hydroxyl groups is 1. The van der Waals surface area contributed by atoms with Gasteiger partial charge in [0, 0.05) is 0 Å². The van der Waals surface area contributed by atoms with Crippen molar-refractivity contribution in [3.63, 3.8) is 0 Å². The van der Waals surface area contributed by atoms with Crippen LogP contribution in [0, 0.1) is 11.7 Å². The molecule has 0 unspecified atom stereocenters. The number of carbonyl (C=O) groups is 2. The molecule has 0 bridgehead atoms. The minimum absolute atomic E-state index is 0.000878. The van der Waals surface area contributed by atoms with E-state index in [0.717, 1.165) is 0 Å². The van der Waals surface area contributed by atoms with Crippen LogP contribution in [0.4, 0.5) is 4.39 Å². The fourth-order valence-corrected chi connectivity index (χ4v) is 3.57. The standard InChI is InChI=1S/C19H20FNO5/c1-4-7-26-19(24)17-12(11-5-6-15(25-3)13(20)8-11)9-14-16(10(2)22)18(23)21(14)17/h4-6,8,10,14,16,22H,1,7,9H2,2-3H3/t10-,14-,16-/m1/s1. The molecule has 1 aromatic rings. The molecule has 26 heavy (non-hydrogen) atoms. The monoisotopic (exact) mass is 361 g/mol. The Morgan fingerprint density at radius 2 is 2.27 bits per heavy atom. The fourth-order valence-electron chi connectivity index (χ4n) is 3.57. The molecule has 1 fully saturated rings. The Kier molecular flexibility index (Phi) is 4.82. The van der Waals surface area contributed by atoms with Crippen LogP contribution in [0.25, 0.3) is 5.57 Å². The highest BCUT2D eigenvalue weighted by atomic mass is 19.1. The van der Waals surface area contributed by atoms with Gasteiger partial charge in [0.1, 0.15) is 12.3 Å². The van der Waals surface area contributed by atoms with Gasteiger partial charge in [0.2, 0.25) is 5.91 Å². The van der Waals surface area contributed by atoms with E-state index in [2.05, 4.69) is 6.58 Å². The molecule has 1 saturated heterocycles. The highest BCUT2D eigenvalue weighted by Crippen LogP contribution is 2.47. The van der Waals surface area contributed by atoms with Crippen LogP contribution in [-0.4, -0.2) is 47.7 Å². The first-order valence-electron chi connectivity index (χ1n) is 8.27. The summed E-state index contributed by atoms with van der Waals surface area (Å²) in [4.78, 5) is 26.3. The third-order valence-electron chi connectivity index (χ3n) is 4.75. The van der Waals surface area contributed by atoms with Gasteiger partial charge in [-0.1, -0.05) is 18.7 Å². The molecular formula is C19H20FNO5. The van der Waals surface area contributed by atoms with E-state index in [1.807, 2.05) is 0 Å². The van der Waals surface area contributed by atoms with Crippen molar-refractivity contribution in [2.75, 3.05) is 13.7 Å². The number of hydrogen-bond donors (Lipinski definition) is 1. The molecule has 3 rings (SSSR count). The van der Waals surface area contributed by atoms with Gasteiger partial charge in [0.05, 0.1) is 25.2 Å². The second-order valence-electron chi connectivity index (χ2n) is 6.31. The number of methoxy groups -OCH3 is 1. The topological polar surface area (TPSA) is 76.1 Å². The molecule has 0 aliphatic carbocycles. The lowest BCUT2D eigenvalue weighted by Crippen LogP contribution is -2.61. The van der Waals surface area contributed by atoms with Crippen molar-refractivity contribution in [3.8, 4) is 5.75 Å². The molecule has 0 saturated carbocycles. The molecule has 6 nitrogen and oxygen atoms in total. The maximum Gasteiger partial charge on any atom is 0.355 e. The third kappa shape index (κ3) is 2.78. The molecule has 3 atom stereocenters. The Hall–Kier alpha value is -2.67. The third-order valence-corrected chi connectivity index (χ3v) is 4.75. The van der Waals surface area contributed by atoms with Crippen LogP contribution in [-0.2, 0) is 14.3 Å². The van der Waals surface area contributed by atoms with Gasteiger partial charge in [0.25, 0.3) is 0 Å². The zero-order valence-electron chi connectivity index (χ0n) is 14.6. The largest absolute Gasteiger partial charge is 0.494 e. The van der Waals surface area contributed by atoms with E-state index in [1.165, 1.54) is 30.2 Å². The van der Waals surface area contributed by atoms with Crippen LogP contribution in [0.3, 0.4) is 0 Å². The number of ether oxygens (including phenoxy) is 2. The summed E-state index contributed by atoms with van der Waals surface area (Å²) in [6.45, 7) is 5.04. The van der Waals surface area contributed by atoms with E-state index in [0.29, 0.717) is 17.6 Å². The molecule has 1 amide bonds. The Labute approximate surface area is 150 Å². The van der Waals surface area contributed by atoms with Gasteiger partial charge in [-0.2, -0.15) is 0 Å². The molecule has 7 heteroatoms. The summed E-state index contributed by atoms with van der Waals surface area (Å²) in [7, 11) is 1.36. The number of fused-ring (bicyclic) bond motifs is 1. The maximum atomic E-state index is 14.1. The zero-order valence-corrected chi connectivity index (χ0v) is 14.6. The van der Waals surface area contributed by atoms with Crippen LogP contribution in [0.1, 0.15) is 18.9 Å². The second-order valence-corrected chi connectivity index (χ2v) is 6.31. The van der Waals surface area contributed by atoms with E-state index < -0.39 is 23.8 Å². The van der Waals surface area contributed by atoms with E-state index in [4.69, 9.17) is 9.47 Å². The van der Waals surface area contributed by atoms with E-state index in [9.17, 15) is 19.1 Å². The lowest BCUT2D eigenvalue weighted by atomic mass is 9.82. The van der Waals surface area contributed by atoms with Crippen molar-refractivity contribution >= 4 is 17.4 Å². The van der Waals surface area contributed by atoms with Crippen LogP contribution in [0.2, 0.25) is 0 Å². The van der Waals surface area contributed by atoms with Crippen molar-refractivity contribution in [3.05, 3.63) is 47.9 Å². The molecule has 2 heterocycles. The predicted molar refractivity (Wildman–Crippen MR) is 91.4 cm³/mol. The maximum absolute atomic E-state index is 14.1. The average Bonchev–Trinajstić information content (AvgIpc) is 2.94. The summed E-state index contributed by atoms with van der Waals surface area (Å²) >= 11 is 0. The number of nitrogens with zero attached hydrogens (tertiary/aromatic N) is 1. The van der Waals surface area contributed by atoms with Gasteiger partial charge >= 0.3 is 5.97 Å². The molecule has 0 spiro atoms. The van der Waals surface area contributed by atoms with Crippen LogP contribution >= 0.6 is 0 Å². The van der Waals surface area contributed by atoms with Gasteiger partial charge in [-0.15, -0.1) is 0 Å². The molecule has 138 valence electrons. The van der Waals surface area contributed by atoms with Crippen molar-refractivity contribution in [1.82, 2.24) is 4.90 Å². The summed E-state index contributed by atoms with van der Waals surface area (Å²) in [5.41, 5.74) is 1.09. The fraction of sp³-hybridized carbons (Fsp3) is 0.368. The quantitative estimate of drug-likeness (QED) is 0.476. The van der Waals surface area contributed by atoms with Crippen molar-refractivity contribution < 1.29 is 28.6 Å². The van der Waals surface area contributed by atoms with Crippen molar-refractivity contribution in [1.29, 1.82) is 0 Å². The Morgan fingerprint density at radius 3 is 2.85 bits per heavy atom. The highest BCUT2D eigenvalue weighted by Gasteiger charge is 2.57. The van der Waals surface area contributed by atoms with Crippen LogP contribution < -0.4 is 4.74 Å². The summed E-state index contributed by atoms with van der Waals surface area (Å²) in [6, 6.07) is 4.02. The SMILES string of the molecule is C=CCOC(=O)C1=C(c2ccc(OC)c(F)c2)C[C@@H]2[C@@H]([C@@H](C)O)C(=O)N12. The van der Waals surface area contributed by atoms with Gasteiger partial charge in [-0.3, -0.25) is 4.79 Å². The summed E-state index contributed by atoms with van der Waals surface area (Å²) in [5.74, 6) is -2.07. The molecule has 1 N–H and O–H groups in total. The van der Waals surface area contributed by atoms with E-state index >= 15 is 0 Å². The number of amides is 1. The molecular weight excluding hydrogens is 341 g/mol. The smallest absolute Gasteiger partial charge is 0.355 e. The molecule has 1 aromatic carbocycles. The van der Waals surface area contributed by atoms with Gasteiger partial charge in [-0.25, -0.2) is 9.18 Å². The normalized spacial score (nSPS) is 22.6. The number of β-lactam (4-membered cyclic amide) rings is 1. The molecule has 2 aliphatic heterocycles. The lowest BCUT2D eigenvalue weighted by Gasteiger charge is -2.44. The Morgan fingerprint density at radius 1 is 1.54 bits per heavy atom. The summed E-state index contributed by atoms with van der Waals surface area (Å²) < 4.78 is 24.2. The molecule has 2 aliphatic rings. The predicted octanol–water partition coefficient (Wildman–Crippen LogP) is 1.89. The van der Waals surface area contributed by atoms with E-state index in [1.54, 1.807) is 13.0 Å². The number of carbonyl (C=O) groups excluding carboxylic acids is 2. The minimum Gasteiger partial charge on any atom is -0.494 e. The van der Waals surface area contributed by atoms with Crippen LogP contribution in [0.15, 0.2) is 36.6 Å². The van der Waals surface area contributed by atoms with Crippen molar-refractivity contribution in [2.45, 2.75) is 25.5 Å². The number of aliphatic hydroxyl groups excluding tert-OH is 1. The first kappa shape index (κ1) is 18.1. The summed E-state index contributed by atoms with van der Waals surface area (Å²) in [5, 5.41) is 9.85. The number of halogens is 1. The van der Waals surface area contributed by atoms with Gasteiger partial charge < -0.3 is 19.5 Å². The first-order valence-corrected chi connectivity index (χ1v) is 8.27. The molecule has 0 aromatic heterocycles. The van der Waals surface area contributed by atoms with Gasteiger partial charge in [0.15, 0.2) is 11.6 Å². The number of esters is 1. The number of benzene rings is 1. The molecule has 0 radical (unpaired) electrons. The van der Waals surface area contributed by atoms with Gasteiger partial charge in [-0.05, 0) is 36.6 Å². The van der Waals surface area contributed by atoms with Crippen LogP contribution in [0.5, 0.6) is 5.75 Å². The average molecular weight is 361 g/mol. The van der Waals surface area contributed by atoms with E-state index in [-0.39, 0.29) is 30.0 Å². The Balaban J connectivity index is 2.02. The highest BCUT2D eigenvalue weighted by molar-refractivity contribution is 6.06. The minimum atomic E-state index is -0.832. The first-order chi connectivity index (χ1) is 12.4. The number of hydrogen-bond acceptors (Lipinski definition) is 5. The lowest BCUT2D eigenvalue weighted by molar-refractivity contribution is -0.162.